The molecule has 0 spiro atoms. The van der Waals surface area contributed by atoms with Crippen LogP contribution in [0.1, 0.15) is 37.8 Å². The third-order valence-electron chi connectivity index (χ3n) is 4.56. The van der Waals surface area contributed by atoms with Crippen LogP contribution in [0.5, 0.6) is 5.75 Å². The monoisotopic (exact) mass is 325 g/mol. The number of likely N-dealkylation sites (tertiary alicyclic amines) is 1. The Morgan fingerprint density at radius 2 is 2.12 bits per heavy atom. The number of hydrogen-bond donors (Lipinski definition) is 0. The van der Waals surface area contributed by atoms with E-state index in [0.29, 0.717) is 18.5 Å². The molecular formula is C19H23N3O2. The van der Waals surface area contributed by atoms with Crippen molar-refractivity contribution in [1.29, 1.82) is 5.26 Å². The van der Waals surface area contributed by atoms with Gasteiger partial charge in [0.15, 0.2) is 0 Å². The predicted octanol–water partition coefficient (Wildman–Crippen LogP) is 2.62. The van der Waals surface area contributed by atoms with Gasteiger partial charge < -0.3 is 14.5 Å². The van der Waals surface area contributed by atoms with E-state index in [1.165, 1.54) is 0 Å². The number of amides is 1. The van der Waals surface area contributed by atoms with Gasteiger partial charge in [-0.2, -0.15) is 5.26 Å². The lowest BCUT2D eigenvalue weighted by Gasteiger charge is -2.40. The van der Waals surface area contributed by atoms with Gasteiger partial charge in [0.25, 0.3) is 0 Å². The molecule has 5 heteroatoms. The minimum atomic E-state index is -0.510. The molecule has 2 aliphatic heterocycles. The molecule has 0 N–H and O–H groups in total. The van der Waals surface area contributed by atoms with E-state index in [2.05, 4.69) is 11.0 Å². The zero-order valence-corrected chi connectivity index (χ0v) is 14.7. The van der Waals surface area contributed by atoms with Crippen LogP contribution in [0, 0.1) is 11.3 Å². The molecule has 1 saturated heterocycles. The molecule has 0 saturated carbocycles. The minimum absolute atomic E-state index is 0.146. The van der Waals surface area contributed by atoms with Gasteiger partial charge in [-0.3, -0.25) is 4.79 Å². The fraction of sp³-hybridized carbons (Fsp3) is 0.474. The van der Waals surface area contributed by atoms with E-state index in [0.717, 1.165) is 35.5 Å². The van der Waals surface area contributed by atoms with Crippen molar-refractivity contribution in [1.82, 2.24) is 9.80 Å². The van der Waals surface area contributed by atoms with E-state index in [1.807, 2.05) is 45.0 Å². The third kappa shape index (κ3) is 2.78. The SMILES string of the molecule is CN(C)CC1=C(N2CCCC2=O)c2cc(C#N)ccc2OC1(C)C. The van der Waals surface area contributed by atoms with Gasteiger partial charge in [0.1, 0.15) is 11.4 Å². The molecule has 24 heavy (non-hydrogen) atoms. The summed E-state index contributed by atoms with van der Waals surface area (Å²) in [6.07, 6.45) is 1.44. The Hall–Kier alpha value is -2.32. The minimum Gasteiger partial charge on any atom is -0.483 e. The van der Waals surface area contributed by atoms with Crippen LogP contribution in [0.2, 0.25) is 0 Å². The summed E-state index contributed by atoms with van der Waals surface area (Å²) < 4.78 is 6.23. The molecule has 126 valence electrons. The molecule has 0 bridgehead atoms. The van der Waals surface area contributed by atoms with E-state index in [4.69, 9.17) is 4.74 Å². The average molecular weight is 325 g/mol. The topological polar surface area (TPSA) is 56.6 Å². The Labute approximate surface area is 143 Å². The number of carbonyl (C=O) groups is 1. The summed E-state index contributed by atoms with van der Waals surface area (Å²) in [4.78, 5) is 16.4. The lowest BCUT2D eigenvalue weighted by atomic mass is 9.88. The summed E-state index contributed by atoms with van der Waals surface area (Å²) in [6, 6.07) is 7.61. The Balaban J connectivity index is 2.25. The first-order valence-corrected chi connectivity index (χ1v) is 8.26. The molecule has 0 aliphatic carbocycles. The molecule has 5 nitrogen and oxygen atoms in total. The highest BCUT2D eigenvalue weighted by atomic mass is 16.5. The van der Waals surface area contributed by atoms with E-state index in [-0.39, 0.29) is 5.91 Å². The summed E-state index contributed by atoms with van der Waals surface area (Å²) in [5.41, 5.74) is 2.91. The van der Waals surface area contributed by atoms with Gasteiger partial charge in [-0.1, -0.05) is 0 Å². The summed E-state index contributed by atoms with van der Waals surface area (Å²) in [6.45, 7) is 5.49. The molecule has 1 aromatic carbocycles. The van der Waals surface area contributed by atoms with Crippen LogP contribution in [0.25, 0.3) is 5.70 Å². The van der Waals surface area contributed by atoms with Crippen LogP contribution in [-0.2, 0) is 4.79 Å². The van der Waals surface area contributed by atoms with Crippen molar-refractivity contribution in [3.63, 3.8) is 0 Å². The van der Waals surface area contributed by atoms with Crippen molar-refractivity contribution in [2.75, 3.05) is 27.2 Å². The number of carbonyl (C=O) groups excluding carboxylic acids is 1. The second-order valence-corrected chi connectivity index (χ2v) is 7.15. The van der Waals surface area contributed by atoms with Crippen molar-refractivity contribution in [3.8, 4) is 11.8 Å². The van der Waals surface area contributed by atoms with Gasteiger partial charge in [-0.15, -0.1) is 0 Å². The fourth-order valence-electron chi connectivity index (χ4n) is 3.43. The number of hydrogen-bond acceptors (Lipinski definition) is 4. The zero-order chi connectivity index (χ0) is 17.5. The summed E-state index contributed by atoms with van der Waals surface area (Å²) >= 11 is 0. The van der Waals surface area contributed by atoms with Crippen molar-refractivity contribution in [3.05, 3.63) is 34.9 Å². The lowest BCUT2D eigenvalue weighted by molar-refractivity contribution is -0.125. The highest BCUT2D eigenvalue weighted by Crippen LogP contribution is 2.44. The Morgan fingerprint density at radius 1 is 1.38 bits per heavy atom. The fourth-order valence-corrected chi connectivity index (χ4v) is 3.43. The largest absolute Gasteiger partial charge is 0.483 e. The first kappa shape index (κ1) is 16.5. The van der Waals surface area contributed by atoms with Crippen LogP contribution < -0.4 is 4.74 Å². The average Bonchev–Trinajstić information content (AvgIpc) is 2.93. The maximum Gasteiger partial charge on any atom is 0.227 e. The Morgan fingerprint density at radius 3 is 2.71 bits per heavy atom. The third-order valence-corrected chi connectivity index (χ3v) is 4.56. The van der Waals surface area contributed by atoms with Gasteiger partial charge in [0, 0.05) is 30.6 Å². The smallest absolute Gasteiger partial charge is 0.227 e. The normalized spacial score (nSPS) is 19.3. The molecule has 0 atom stereocenters. The van der Waals surface area contributed by atoms with E-state index < -0.39 is 5.60 Å². The highest BCUT2D eigenvalue weighted by molar-refractivity contribution is 5.91. The first-order chi connectivity index (χ1) is 11.3. The van der Waals surface area contributed by atoms with E-state index in [1.54, 1.807) is 6.07 Å². The van der Waals surface area contributed by atoms with Crippen molar-refractivity contribution in [2.24, 2.45) is 0 Å². The number of benzene rings is 1. The van der Waals surface area contributed by atoms with Crippen molar-refractivity contribution < 1.29 is 9.53 Å². The van der Waals surface area contributed by atoms with Crippen LogP contribution >= 0.6 is 0 Å². The molecule has 2 heterocycles. The van der Waals surface area contributed by atoms with Crippen LogP contribution in [0.15, 0.2) is 23.8 Å². The van der Waals surface area contributed by atoms with Crippen LogP contribution in [-0.4, -0.2) is 48.5 Å². The molecule has 1 amide bonds. The maximum atomic E-state index is 12.5. The predicted molar refractivity (Wildman–Crippen MR) is 92.3 cm³/mol. The van der Waals surface area contributed by atoms with Gasteiger partial charge >= 0.3 is 0 Å². The lowest BCUT2D eigenvalue weighted by Crippen LogP contribution is -2.42. The quantitative estimate of drug-likeness (QED) is 0.857. The molecule has 3 rings (SSSR count). The summed E-state index contributed by atoms with van der Waals surface area (Å²) in [7, 11) is 4.02. The van der Waals surface area contributed by atoms with Gasteiger partial charge in [-0.05, 0) is 52.6 Å². The second kappa shape index (κ2) is 5.95. The van der Waals surface area contributed by atoms with Crippen LogP contribution in [0.3, 0.4) is 0 Å². The number of nitriles is 1. The molecule has 0 unspecified atom stereocenters. The number of likely N-dealkylation sites (N-methyl/N-ethyl adjacent to an activating group) is 1. The molecular weight excluding hydrogens is 302 g/mol. The van der Waals surface area contributed by atoms with Gasteiger partial charge in [-0.25, -0.2) is 0 Å². The van der Waals surface area contributed by atoms with Gasteiger partial charge in [0.05, 0.1) is 17.3 Å². The number of rotatable bonds is 3. The van der Waals surface area contributed by atoms with E-state index >= 15 is 0 Å². The Kier molecular flexibility index (Phi) is 4.10. The molecule has 1 aromatic rings. The second-order valence-electron chi connectivity index (χ2n) is 7.15. The molecule has 0 aromatic heterocycles. The summed E-state index contributed by atoms with van der Waals surface area (Å²) in [5.74, 6) is 0.878. The maximum absolute atomic E-state index is 12.5. The molecule has 2 aliphatic rings. The van der Waals surface area contributed by atoms with Crippen molar-refractivity contribution >= 4 is 11.6 Å². The van der Waals surface area contributed by atoms with Gasteiger partial charge in [0.2, 0.25) is 5.91 Å². The van der Waals surface area contributed by atoms with Crippen molar-refractivity contribution in [2.45, 2.75) is 32.3 Å². The van der Waals surface area contributed by atoms with Crippen LogP contribution in [0.4, 0.5) is 0 Å². The molecule has 0 radical (unpaired) electrons. The highest BCUT2D eigenvalue weighted by Gasteiger charge is 2.39. The first-order valence-electron chi connectivity index (χ1n) is 8.26. The number of ether oxygens (including phenoxy) is 1. The number of fused-ring (bicyclic) bond motifs is 1. The zero-order valence-electron chi connectivity index (χ0n) is 14.7. The summed E-state index contributed by atoms with van der Waals surface area (Å²) in [5, 5.41) is 9.26. The molecule has 1 fully saturated rings. The Bertz CT molecular complexity index is 756. The standard InChI is InChI=1S/C19H23N3O2/c1-19(2)15(12-21(3)4)18(22-9-5-6-17(22)23)14-10-13(11-20)7-8-16(14)24-19/h7-8,10H,5-6,9,12H2,1-4H3. The van der Waals surface area contributed by atoms with E-state index in [9.17, 15) is 10.1 Å². The number of nitrogens with zero attached hydrogens (tertiary/aromatic N) is 3.